The summed E-state index contributed by atoms with van der Waals surface area (Å²) in [6, 6.07) is 14.5. The lowest BCUT2D eigenvalue weighted by molar-refractivity contribution is 0.231. The first-order chi connectivity index (χ1) is 20.7. The zero-order valence-corrected chi connectivity index (χ0v) is 25.9. The number of hydrogen-bond acceptors (Lipinski definition) is 7. The third-order valence-electron chi connectivity index (χ3n) is 7.82. The van der Waals surface area contributed by atoms with E-state index >= 15 is 4.39 Å². The van der Waals surface area contributed by atoms with Crippen LogP contribution in [0.2, 0.25) is 0 Å². The summed E-state index contributed by atoms with van der Waals surface area (Å²) in [7, 11) is 2.72. The van der Waals surface area contributed by atoms with Crippen molar-refractivity contribution in [2.45, 2.75) is 45.8 Å². The molecule has 2 atom stereocenters. The van der Waals surface area contributed by atoms with Gasteiger partial charge in [-0.3, -0.25) is 9.20 Å². The number of hydrogen-bond donors (Lipinski definition) is 1. The summed E-state index contributed by atoms with van der Waals surface area (Å²) >= 11 is 1.54. The van der Waals surface area contributed by atoms with Gasteiger partial charge in [0.05, 0.1) is 23.1 Å². The molecule has 2 aromatic carbocycles. The third-order valence-corrected chi connectivity index (χ3v) is 9.18. The normalized spacial score (nSPS) is 14.2. The van der Waals surface area contributed by atoms with Crippen molar-refractivity contribution in [2.24, 2.45) is 5.92 Å². The highest BCUT2D eigenvalue weighted by Crippen LogP contribution is 2.48. The van der Waals surface area contributed by atoms with Gasteiger partial charge in [0, 0.05) is 16.6 Å². The van der Waals surface area contributed by atoms with E-state index in [0.29, 0.717) is 27.9 Å². The molecule has 11 heteroatoms. The van der Waals surface area contributed by atoms with Crippen LogP contribution in [0.15, 0.2) is 65.0 Å². The van der Waals surface area contributed by atoms with Crippen molar-refractivity contribution >= 4 is 47.6 Å². The summed E-state index contributed by atoms with van der Waals surface area (Å²) in [4.78, 5) is 24.0. The molecule has 1 fully saturated rings. The van der Waals surface area contributed by atoms with Crippen molar-refractivity contribution < 1.29 is 9.13 Å². The first kappa shape index (κ1) is 27.7. The van der Waals surface area contributed by atoms with E-state index < -0.39 is 5.82 Å². The Morgan fingerprint density at radius 2 is 1.93 bits per heavy atom. The van der Waals surface area contributed by atoms with E-state index in [0.717, 1.165) is 39.8 Å². The van der Waals surface area contributed by atoms with Gasteiger partial charge in [-0.1, -0.05) is 18.2 Å². The number of fused-ring (bicyclic) bond motifs is 2. The average molecular weight is 613 g/mol. The Kier molecular flexibility index (Phi) is 6.78. The Balaban J connectivity index is 1.49. The Hall–Kier alpha value is -4.14. The first-order valence-corrected chi connectivity index (χ1v) is 15.6. The number of anilines is 1. The van der Waals surface area contributed by atoms with Crippen LogP contribution in [0.3, 0.4) is 0 Å². The number of nitrogens with two attached hydrogens (primary N) is 1. The second kappa shape index (κ2) is 10.5. The van der Waals surface area contributed by atoms with Crippen LogP contribution in [0.1, 0.15) is 44.0 Å². The van der Waals surface area contributed by atoms with E-state index in [4.69, 9.17) is 15.6 Å². The zero-order valence-electron chi connectivity index (χ0n) is 23.9. The third kappa shape index (κ3) is 4.79. The minimum absolute atomic E-state index is 0.0684. The molecule has 7 rings (SSSR count). The fraction of sp³-hybridized carbons (Fsp3) is 0.250. The number of halogens is 1. The number of rotatable bonds is 7. The predicted octanol–water partition coefficient (Wildman–Crippen LogP) is 6.15. The molecule has 4 aromatic heterocycles. The molecule has 43 heavy (non-hydrogen) atoms. The van der Waals surface area contributed by atoms with Crippen molar-refractivity contribution in [2.75, 3.05) is 5.73 Å². The summed E-state index contributed by atoms with van der Waals surface area (Å²) in [6.07, 6.45) is 3.20. The van der Waals surface area contributed by atoms with Crippen LogP contribution in [0.25, 0.3) is 38.2 Å². The van der Waals surface area contributed by atoms with Crippen molar-refractivity contribution in [3.05, 3.63) is 87.7 Å². The fourth-order valence-corrected chi connectivity index (χ4v) is 7.04. The molecular weight excluding hydrogens is 582 g/mol. The molecule has 1 unspecified atom stereocenters. The molecule has 0 bridgehead atoms. The molecule has 0 amide bonds. The van der Waals surface area contributed by atoms with Gasteiger partial charge in [-0.2, -0.15) is 5.10 Å². The average Bonchev–Trinajstić information content (AvgIpc) is 3.62. The summed E-state index contributed by atoms with van der Waals surface area (Å²) < 4.78 is 24.4. The Morgan fingerprint density at radius 3 is 2.65 bits per heavy atom. The van der Waals surface area contributed by atoms with Gasteiger partial charge in [-0.05, 0) is 86.3 Å². The predicted molar refractivity (Wildman–Crippen MR) is 173 cm³/mol. The molecule has 0 radical (unpaired) electrons. The van der Waals surface area contributed by atoms with E-state index in [9.17, 15) is 4.79 Å². The second-order valence-corrected chi connectivity index (χ2v) is 12.9. The van der Waals surface area contributed by atoms with Gasteiger partial charge >= 0.3 is 0 Å². The number of aromatic nitrogens is 5. The van der Waals surface area contributed by atoms with E-state index in [1.165, 1.54) is 23.7 Å². The van der Waals surface area contributed by atoms with Gasteiger partial charge in [0.15, 0.2) is 17.2 Å². The Bertz CT molecular complexity index is 2100. The summed E-state index contributed by atoms with van der Waals surface area (Å²) in [5.41, 5.74) is 11.2. The minimum Gasteiger partial charge on any atom is -0.488 e. The molecule has 0 aliphatic heterocycles. The molecular formula is C32H30FN6O2PS. The molecule has 1 aliphatic rings. The van der Waals surface area contributed by atoms with Crippen molar-refractivity contribution in [1.82, 2.24) is 24.1 Å². The molecule has 0 saturated heterocycles. The Morgan fingerprint density at radius 1 is 1.12 bits per heavy atom. The smallest absolute Gasteiger partial charge is 0.264 e. The van der Waals surface area contributed by atoms with E-state index in [2.05, 4.69) is 25.3 Å². The molecule has 1 saturated carbocycles. The summed E-state index contributed by atoms with van der Waals surface area (Å²) in [5.74, 6) is 0.160. The topological polar surface area (TPSA) is 100 Å². The number of benzene rings is 2. The first-order valence-electron chi connectivity index (χ1n) is 14.2. The van der Waals surface area contributed by atoms with E-state index in [-0.39, 0.29) is 35.2 Å². The SMILES string of the molecule is Cc1csc2cc([C@H](C3CC3)n3nc(-c4ccc(OC(C)C)c(F)c4)c4c(N)ncnc43)c(-c3cccc(P)c3)c(=O)n12. The summed E-state index contributed by atoms with van der Waals surface area (Å²) in [6.45, 7) is 5.65. The molecule has 6 aromatic rings. The molecule has 4 heterocycles. The van der Waals surface area contributed by atoms with Crippen molar-refractivity contribution in [3.63, 3.8) is 0 Å². The van der Waals surface area contributed by atoms with E-state index in [1.807, 2.05) is 55.1 Å². The molecule has 2 N–H and O–H groups in total. The van der Waals surface area contributed by atoms with Gasteiger partial charge in [0.1, 0.15) is 22.7 Å². The highest BCUT2D eigenvalue weighted by molar-refractivity contribution is 7.27. The number of aryl methyl sites for hydroxylation is 1. The molecule has 0 spiro atoms. The molecule has 1 aliphatic carbocycles. The summed E-state index contributed by atoms with van der Waals surface area (Å²) in [5, 5.41) is 8.60. The fourth-order valence-electron chi connectivity index (χ4n) is 5.83. The lowest BCUT2D eigenvalue weighted by Gasteiger charge is -2.22. The standard InChI is InChI=1S/C32H30FN6O2PS/c1-16(2)41-24-10-9-20(12-23(24)33)28-27-30(34)35-15-36-31(27)39(37-28)29(18-7-8-18)22-13-25-38(17(3)14-43-25)32(40)26(22)19-5-4-6-21(42)11-19/h4-6,9-16,18,29H,7-8,42H2,1-3H3,(H2,34,35,36)/t29-/m0/s1. The minimum atomic E-state index is -0.491. The van der Waals surface area contributed by atoms with Crippen LogP contribution in [0.4, 0.5) is 10.2 Å². The number of pyridine rings is 1. The monoisotopic (exact) mass is 612 g/mol. The maximum Gasteiger partial charge on any atom is 0.264 e. The van der Waals surface area contributed by atoms with Gasteiger partial charge in [-0.15, -0.1) is 20.6 Å². The van der Waals surface area contributed by atoms with Crippen LogP contribution in [0.5, 0.6) is 5.75 Å². The highest BCUT2D eigenvalue weighted by Gasteiger charge is 2.39. The second-order valence-electron chi connectivity index (χ2n) is 11.3. The largest absolute Gasteiger partial charge is 0.488 e. The quantitative estimate of drug-likeness (QED) is 0.217. The number of thiazole rings is 1. The number of nitrogen functional groups attached to an aromatic ring is 1. The van der Waals surface area contributed by atoms with Gasteiger partial charge in [0.25, 0.3) is 5.56 Å². The maximum atomic E-state index is 15.2. The number of nitrogens with zero attached hydrogens (tertiary/aromatic N) is 5. The van der Waals surface area contributed by atoms with Gasteiger partial charge in [0.2, 0.25) is 0 Å². The van der Waals surface area contributed by atoms with Crippen LogP contribution in [0, 0.1) is 18.7 Å². The van der Waals surface area contributed by atoms with Crippen LogP contribution >= 0.6 is 20.6 Å². The van der Waals surface area contributed by atoms with Crippen LogP contribution < -0.4 is 21.3 Å². The van der Waals surface area contributed by atoms with Crippen LogP contribution in [-0.2, 0) is 0 Å². The lowest BCUT2D eigenvalue weighted by atomic mass is 9.93. The van der Waals surface area contributed by atoms with Crippen molar-refractivity contribution in [3.8, 4) is 28.1 Å². The van der Waals surface area contributed by atoms with Gasteiger partial charge in [-0.25, -0.2) is 19.0 Å². The van der Waals surface area contributed by atoms with Crippen LogP contribution in [-0.4, -0.2) is 30.3 Å². The lowest BCUT2D eigenvalue weighted by Crippen LogP contribution is -2.23. The molecule has 218 valence electrons. The van der Waals surface area contributed by atoms with Crippen molar-refractivity contribution in [1.29, 1.82) is 0 Å². The Labute approximate surface area is 253 Å². The number of ether oxygens (including phenoxy) is 1. The zero-order chi connectivity index (χ0) is 30.0. The highest BCUT2D eigenvalue weighted by atomic mass is 32.1. The molecule has 8 nitrogen and oxygen atoms in total. The van der Waals surface area contributed by atoms with E-state index in [1.54, 1.807) is 16.5 Å². The van der Waals surface area contributed by atoms with Gasteiger partial charge < -0.3 is 10.5 Å². The maximum absolute atomic E-state index is 15.2.